The molecule has 3 nitrogen and oxygen atoms in total. The fourth-order valence-corrected chi connectivity index (χ4v) is 1.71. The molecule has 66 valence electrons. The van der Waals surface area contributed by atoms with Crippen LogP contribution < -0.4 is 5.73 Å². The summed E-state index contributed by atoms with van der Waals surface area (Å²) >= 11 is 1.45. The van der Waals surface area contributed by atoms with E-state index in [-0.39, 0.29) is 0 Å². The number of pyridine rings is 1. The number of hydrogen-bond donors (Lipinski definition) is 1. The zero-order chi connectivity index (χ0) is 9.26. The van der Waals surface area contributed by atoms with Crippen molar-refractivity contribution in [3.05, 3.63) is 29.4 Å². The quantitative estimate of drug-likeness (QED) is 0.751. The van der Waals surface area contributed by atoms with Crippen molar-refractivity contribution in [2.45, 2.75) is 6.92 Å². The van der Waals surface area contributed by atoms with Gasteiger partial charge in [-0.25, -0.2) is 4.98 Å². The Hall–Kier alpha value is -1.42. The zero-order valence-corrected chi connectivity index (χ0v) is 8.01. The highest BCUT2D eigenvalue weighted by molar-refractivity contribution is 7.13. The van der Waals surface area contributed by atoms with E-state index in [1.54, 1.807) is 6.20 Å². The third-order valence-electron chi connectivity index (χ3n) is 1.84. The minimum Gasteiger partial charge on any atom is -0.375 e. The summed E-state index contributed by atoms with van der Waals surface area (Å²) in [5.41, 5.74) is 8.68. The van der Waals surface area contributed by atoms with Gasteiger partial charge in [-0.05, 0) is 18.6 Å². The smallest absolute Gasteiger partial charge is 0.180 e. The zero-order valence-electron chi connectivity index (χ0n) is 7.19. The summed E-state index contributed by atoms with van der Waals surface area (Å²) in [5.74, 6) is 0. The number of nitrogen functional groups attached to an aromatic ring is 1. The van der Waals surface area contributed by atoms with E-state index in [1.165, 1.54) is 16.9 Å². The van der Waals surface area contributed by atoms with Crippen LogP contribution in [0.3, 0.4) is 0 Å². The molecule has 2 aromatic rings. The Bertz CT molecular complexity index is 422. The van der Waals surface area contributed by atoms with E-state index >= 15 is 0 Å². The standard InChI is InChI=1S/C9H9N3S/c1-6-2-3-11-4-7(6)8-5-13-9(10)12-8/h2-5H,1H3,(H2,10,12). The molecule has 0 aliphatic heterocycles. The lowest BCUT2D eigenvalue weighted by atomic mass is 10.1. The number of aryl methyl sites for hydroxylation is 1. The minimum atomic E-state index is 0.596. The van der Waals surface area contributed by atoms with Crippen molar-refractivity contribution >= 4 is 16.5 Å². The van der Waals surface area contributed by atoms with Gasteiger partial charge in [-0.1, -0.05) is 0 Å². The molecule has 2 heterocycles. The van der Waals surface area contributed by atoms with Crippen molar-refractivity contribution in [2.75, 3.05) is 5.73 Å². The maximum absolute atomic E-state index is 5.55. The van der Waals surface area contributed by atoms with Gasteiger partial charge in [0, 0.05) is 23.3 Å². The number of hydrogen-bond acceptors (Lipinski definition) is 4. The highest BCUT2D eigenvalue weighted by Crippen LogP contribution is 2.24. The number of aromatic nitrogens is 2. The molecule has 2 rings (SSSR count). The Morgan fingerprint density at radius 3 is 2.92 bits per heavy atom. The summed E-state index contributed by atoms with van der Waals surface area (Å²) < 4.78 is 0. The number of nitrogens with zero attached hydrogens (tertiary/aromatic N) is 2. The molecule has 0 spiro atoms. The third kappa shape index (κ3) is 1.53. The lowest BCUT2D eigenvalue weighted by Gasteiger charge is -1.99. The Morgan fingerprint density at radius 2 is 2.31 bits per heavy atom. The minimum absolute atomic E-state index is 0.596. The molecule has 0 bridgehead atoms. The Morgan fingerprint density at radius 1 is 1.46 bits per heavy atom. The first-order chi connectivity index (χ1) is 6.27. The van der Waals surface area contributed by atoms with Gasteiger partial charge in [0.1, 0.15) is 0 Å². The number of nitrogens with two attached hydrogens (primary N) is 1. The second-order valence-corrected chi connectivity index (χ2v) is 3.65. The molecule has 4 heteroatoms. The van der Waals surface area contributed by atoms with E-state index < -0.39 is 0 Å². The molecule has 0 unspecified atom stereocenters. The summed E-state index contributed by atoms with van der Waals surface area (Å²) in [7, 11) is 0. The maximum atomic E-state index is 5.55. The monoisotopic (exact) mass is 191 g/mol. The van der Waals surface area contributed by atoms with E-state index in [1.807, 2.05) is 24.6 Å². The van der Waals surface area contributed by atoms with Crippen LogP contribution in [0.25, 0.3) is 11.3 Å². The lowest BCUT2D eigenvalue weighted by molar-refractivity contribution is 1.27. The van der Waals surface area contributed by atoms with Gasteiger partial charge in [-0.15, -0.1) is 11.3 Å². The van der Waals surface area contributed by atoms with Crippen LogP contribution in [0.1, 0.15) is 5.56 Å². The largest absolute Gasteiger partial charge is 0.375 e. The van der Waals surface area contributed by atoms with E-state index in [2.05, 4.69) is 9.97 Å². The summed E-state index contributed by atoms with van der Waals surface area (Å²) in [5, 5.41) is 2.54. The molecule has 0 saturated carbocycles. The first-order valence-electron chi connectivity index (χ1n) is 3.89. The van der Waals surface area contributed by atoms with Crippen LogP contribution in [-0.4, -0.2) is 9.97 Å². The SMILES string of the molecule is Cc1ccncc1-c1csc(N)n1. The van der Waals surface area contributed by atoms with Crippen molar-refractivity contribution in [3.63, 3.8) is 0 Å². The first kappa shape index (κ1) is 8.19. The topological polar surface area (TPSA) is 51.8 Å². The van der Waals surface area contributed by atoms with Crippen LogP contribution in [0.15, 0.2) is 23.8 Å². The van der Waals surface area contributed by atoms with Crippen LogP contribution in [0.4, 0.5) is 5.13 Å². The second-order valence-electron chi connectivity index (χ2n) is 2.76. The molecular formula is C9H9N3S. The van der Waals surface area contributed by atoms with Gasteiger partial charge >= 0.3 is 0 Å². The molecule has 2 aromatic heterocycles. The number of rotatable bonds is 1. The van der Waals surface area contributed by atoms with E-state index in [0.717, 1.165) is 11.3 Å². The van der Waals surface area contributed by atoms with Gasteiger partial charge in [-0.3, -0.25) is 4.98 Å². The van der Waals surface area contributed by atoms with Crippen molar-refractivity contribution < 1.29 is 0 Å². The Kier molecular flexibility index (Phi) is 1.98. The normalized spacial score (nSPS) is 10.2. The van der Waals surface area contributed by atoms with Crippen molar-refractivity contribution in [1.29, 1.82) is 0 Å². The predicted octanol–water partition coefficient (Wildman–Crippen LogP) is 2.10. The highest BCUT2D eigenvalue weighted by atomic mass is 32.1. The van der Waals surface area contributed by atoms with Crippen molar-refractivity contribution in [3.8, 4) is 11.3 Å². The number of thiazole rings is 1. The Balaban J connectivity index is 2.52. The fourth-order valence-electron chi connectivity index (χ4n) is 1.14. The van der Waals surface area contributed by atoms with E-state index in [0.29, 0.717) is 5.13 Å². The molecule has 2 N–H and O–H groups in total. The molecular weight excluding hydrogens is 182 g/mol. The number of anilines is 1. The molecule has 0 saturated heterocycles. The molecule has 0 aliphatic rings. The summed E-state index contributed by atoms with van der Waals surface area (Å²) in [6, 6.07) is 1.96. The fraction of sp³-hybridized carbons (Fsp3) is 0.111. The van der Waals surface area contributed by atoms with Gasteiger partial charge < -0.3 is 5.73 Å². The molecule has 0 aliphatic carbocycles. The average molecular weight is 191 g/mol. The Labute approximate surface area is 80.3 Å². The van der Waals surface area contributed by atoms with Crippen molar-refractivity contribution in [1.82, 2.24) is 9.97 Å². The van der Waals surface area contributed by atoms with Crippen LogP contribution in [-0.2, 0) is 0 Å². The van der Waals surface area contributed by atoms with Crippen LogP contribution in [0.5, 0.6) is 0 Å². The molecule has 0 fully saturated rings. The summed E-state index contributed by atoms with van der Waals surface area (Å²) in [6.45, 7) is 2.03. The predicted molar refractivity (Wildman–Crippen MR) is 54.5 cm³/mol. The molecule has 0 amide bonds. The van der Waals surface area contributed by atoms with Crippen molar-refractivity contribution in [2.24, 2.45) is 0 Å². The van der Waals surface area contributed by atoms with Crippen LogP contribution in [0, 0.1) is 6.92 Å². The molecule has 0 atom stereocenters. The third-order valence-corrected chi connectivity index (χ3v) is 2.51. The van der Waals surface area contributed by atoms with Gasteiger partial charge in [-0.2, -0.15) is 0 Å². The van der Waals surface area contributed by atoms with E-state index in [9.17, 15) is 0 Å². The molecule has 13 heavy (non-hydrogen) atoms. The van der Waals surface area contributed by atoms with Crippen LogP contribution >= 0.6 is 11.3 Å². The molecule has 0 aromatic carbocycles. The molecule has 0 radical (unpaired) electrons. The first-order valence-corrected chi connectivity index (χ1v) is 4.77. The maximum Gasteiger partial charge on any atom is 0.180 e. The summed E-state index contributed by atoms with van der Waals surface area (Å²) in [6.07, 6.45) is 3.58. The van der Waals surface area contributed by atoms with Gasteiger partial charge in [0.05, 0.1) is 5.69 Å². The lowest BCUT2D eigenvalue weighted by Crippen LogP contribution is -1.86. The average Bonchev–Trinajstić information content (AvgIpc) is 2.53. The second kappa shape index (κ2) is 3.14. The van der Waals surface area contributed by atoms with Gasteiger partial charge in [0.2, 0.25) is 0 Å². The van der Waals surface area contributed by atoms with E-state index in [4.69, 9.17) is 5.73 Å². The summed E-state index contributed by atoms with van der Waals surface area (Å²) in [4.78, 5) is 8.25. The highest BCUT2D eigenvalue weighted by Gasteiger charge is 2.04. The van der Waals surface area contributed by atoms with Gasteiger partial charge in [0.15, 0.2) is 5.13 Å². The van der Waals surface area contributed by atoms with Gasteiger partial charge in [0.25, 0.3) is 0 Å². The van der Waals surface area contributed by atoms with Crippen LogP contribution in [0.2, 0.25) is 0 Å².